The van der Waals surface area contributed by atoms with Gasteiger partial charge in [0.05, 0.1) is 48.1 Å². The Hall–Kier alpha value is -7.41. The molecule has 21 nitrogen and oxygen atoms in total. The molecule has 4 aromatic carbocycles. The first-order valence-corrected chi connectivity index (χ1v) is 35.9. The Morgan fingerprint density at radius 1 is 0.819 bits per heavy atom. The Bertz CT molecular complexity index is 3760. The number of fused-ring (bicyclic) bond motifs is 1. The predicted molar refractivity (Wildman–Crippen MR) is 363 cm³/mol. The van der Waals surface area contributed by atoms with Gasteiger partial charge < -0.3 is 35.2 Å². The van der Waals surface area contributed by atoms with Crippen molar-refractivity contribution in [1.29, 1.82) is 0 Å². The molecule has 1 unspecified atom stereocenters. The highest BCUT2D eigenvalue weighted by atomic mass is 32.2. The minimum absolute atomic E-state index is 0.0150. The van der Waals surface area contributed by atoms with Gasteiger partial charge in [-0.1, -0.05) is 68.0 Å². The van der Waals surface area contributed by atoms with E-state index in [2.05, 4.69) is 85.2 Å². The summed E-state index contributed by atoms with van der Waals surface area (Å²) >= 11 is 1.76. The van der Waals surface area contributed by atoms with Gasteiger partial charge in [0, 0.05) is 130 Å². The van der Waals surface area contributed by atoms with E-state index in [9.17, 15) is 32.4 Å². The fraction of sp³-hybridized carbons (Fsp3) is 0.507. The highest BCUT2D eigenvalue weighted by Gasteiger charge is 2.67. The highest BCUT2D eigenvalue weighted by molar-refractivity contribution is 7.99. The number of amides is 5. The van der Waals surface area contributed by atoms with E-state index in [1.54, 1.807) is 82.3 Å². The second kappa shape index (κ2) is 28.5. The lowest BCUT2D eigenvalue weighted by Crippen LogP contribution is -2.61. The molecule has 4 aliphatic carbocycles. The third-order valence-electron chi connectivity index (χ3n) is 20.1. The van der Waals surface area contributed by atoms with Crippen molar-refractivity contribution in [2.75, 3.05) is 120 Å². The molecule has 8 aliphatic rings. The molecular weight excluding hydrogens is 1230 g/mol. The summed E-state index contributed by atoms with van der Waals surface area (Å²) in [4.78, 5) is 77.7. The van der Waals surface area contributed by atoms with Gasteiger partial charge in [-0.25, -0.2) is 17.8 Å². The van der Waals surface area contributed by atoms with Crippen LogP contribution in [-0.2, 0) is 42.1 Å². The van der Waals surface area contributed by atoms with Gasteiger partial charge in [0.1, 0.15) is 12.6 Å². The fourth-order valence-electron chi connectivity index (χ4n) is 15.1. The predicted octanol–water partition coefficient (Wildman–Crippen LogP) is 8.41. The van der Waals surface area contributed by atoms with Gasteiger partial charge in [-0.05, 0) is 153 Å². The van der Waals surface area contributed by atoms with E-state index < -0.39 is 39.7 Å². The summed E-state index contributed by atoms with van der Waals surface area (Å²) < 4.78 is 42.9. The van der Waals surface area contributed by atoms with Gasteiger partial charge in [-0.2, -0.15) is 0 Å². The number of rotatable bonds is 28. The summed E-state index contributed by atoms with van der Waals surface area (Å²) in [7, 11) is -4.18. The summed E-state index contributed by atoms with van der Waals surface area (Å²) in [5, 5.41) is 18.0. The van der Waals surface area contributed by atoms with Gasteiger partial charge in [0.2, 0.25) is 11.8 Å². The van der Waals surface area contributed by atoms with Crippen LogP contribution < -0.4 is 25.6 Å². The number of aryl methyl sites for hydroxylation is 1. The Balaban J connectivity index is 0.547. The average Bonchev–Trinajstić information content (AvgIpc) is 0.811. The topological polar surface area (TPSA) is 233 Å². The molecule has 2 bridgehead atoms. The van der Waals surface area contributed by atoms with E-state index in [0.717, 1.165) is 91.3 Å². The summed E-state index contributed by atoms with van der Waals surface area (Å²) in [6.45, 7) is 23.1. The zero-order valence-electron chi connectivity index (χ0n) is 54.8. The van der Waals surface area contributed by atoms with Crippen molar-refractivity contribution in [1.82, 2.24) is 44.6 Å². The van der Waals surface area contributed by atoms with E-state index in [1.807, 2.05) is 42.2 Å². The molecule has 0 radical (unpaired) electrons. The molecule has 500 valence electrons. The number of imide groups is 1. The first-order valence-electron chi connectivity index (χ1n) is 33.4. The highest BCUT2D eigenvalue weighted by Crippen LogP contribution is 2.77. The number of nitrogens with one attached hydrogen (secondary N) is 4. The Morgan fingerprint density at radius 3 is 2.28 bits per heavy atom. The Labute approximate surface area is 556 Å². The zero-order valence-corrected chi connectivity index (χ0v) is 56.4. The van der Waals surface area contributed by atoms with Crippen molar-refractivity contribution in [2.45, 2.75) is 120 Å². The van der Waals surface area contributed by atoms with Crippen LogP contribution in [0.15, 0.2) is 130 Å². The third-order valence-corrected chi connectivity index (χ3v) is 22.6. The molecule has 5 aromatic rings. The standard InChI is InChI=1S/C71H90N12O9S2/c1-49-40-57(94(89,90)76-65(85)51-15-17-55(18-16-51)80-32-30-79(31-33-80)42-52-22-25-69(3,4)41-59(52)71-46-70(5,47-71)48-71)19-20-60(49)74-54(45-93-56-10-7-6-8-11-56)23-27-78-28-34-81(35-29-78)63(84)44-82-43-53(75-77-82)24-36-91-38-39-92-37-26-72-61-13-9-12-58-64(61)68(88)83(67(58)87)62-21-14-50(2)73-66(62)86/h6-13,15-20,40,43,54,62,72,74H,2,14,21-39,41-42,44-48H2,1,3-5H3,(H,73,86)(H,76,85)/t54-,62?,70?,71?/m1/s1. The van der Waals surface area contributed by atoms with Crippen LogP contribution >= 0.6 is 11.8 Å². The van der Waals surface area contributed by atoms with Crippen LogP contribution in [0.1, 0.15) is 121 Å². The first kappa shape index (κ1) is 66.6. The largest absolute Gasteiger partial charge is 0.382 e. The van der Waals surface area contributed by atoms with Crippen molar-refractivity contribution < 1.29 is 41.9 Å². The number of hydrogen-bond acceptors (Lipinski definition) is 17. The Kier molecular flexibility index (Phi) is 20.2. The lowest BCUT2D eigenvalue weighted by molar-refractivity contribution is -0.167. The lowest BCUT2D eigenvalue weighted by atomic mass is 9.33. The number of thioether (sulfide) groups is 1. The first-order chi connectivity index (χ1) is 45.2. The minimum atomic E-state index is -4.18. The maximum atomic E-state index is 13.8. The van der Waals surface area contributed by atoms with Crippen LogP contribution in [0.2, 0.25) is 0 Å². The molecule has 0 spiro atoms. The number of allylic oxidation sites excluding steroid dienone is 2. The number of nitrogens with zero attached hydrogens (tertiary/aromatic N) is 8. The molecule has 94 heavy (non-hydrogen) atoms. The SMILES string of the molecule is C=C1CCC(N2C(=O)c3cccc(NCCOCCOCCc4cn(CC(=O)N5CCN(CC[C@H](CSc6ccccc6)Nc6ccc(S(=O)(=O)NC(=O)c7ccc(N8CCN(CC9=C(C%10%11CC(C)(C%10)C%11)CC(C)(C)CC9)CC8)cc7)cc6C)CC5)nn4)c3C2=O)C(=O)N1. The van der Waals surface area contributed by atoms with Crippen molar-refractivity contribution in [3.05, 3.63) is 149 Å². The van der Waals surface area contributed by atoms with E-state index >= 15 is 0 Å². The smallest absolute Gasteiger partial charge is 0.264 e. The number of piperidine rings is 1. The van der Waals surface area contributed by atoms with Crippen LogP contribution in [0.25, 0.3) is 0 Å². The van der Waals surface area contributed by atoms with Crippen LogP contribution in [0.5, 0.6) is 0 Å². The number of ether oxygens (including phenoxy) is 2. The molecule has 4 N–H and O–H groups in total. The number of carbonyl (C=O) groups is 5. The second-order valence-corrected chi connectivity index (χ2v) is 30.7. The van der Waals surface area contributed by atoms with Crippen molar-refractivity contribution >= 4 is 68.4 Å². The van der Waals surface area contributed by atoms with E-state index in [4.69, 9.17) is 9.47 Å². The van der Waals surface area contributed by atoms with E-state index in [-0.39, 0.29) is 40.1 Å². The van der Waals surface area contributed by atoms with Gasteiger partial charge in [-0.3, -0.25) is 38.7 Å². The molecule has 2 atom stereocenters. The minimum Gasteiger partial charge on any atom is -0.382 e. The molecule has 4 aliphatic heterocycles. The molecule has 13 rings (SSSR count). The van der Waals surface area contributed by atoms with Crippen LogP contribution in [-0.4, -0.2) is 189 Å². The van der Waals surface area contributed by atoms with Crippen LogP contribution in [0.4, 0.5) is 17.1 Å². The number of piperazine rings is 2. The summed E-state index contributed by atoms with van der Waals surface area (Å²) in [6.07, 6.45) is 11.8. The van der Waals surface area contributed by atoms with E-state index in [0.29, 0.717) is 98.6 Å². The van der Waals surface area contributed by atoms with Gasteiger partial charge >= 0.3 is 0 Å². The monoisotopic (exact) mass is 1320 g/mol. The lowest BCUT2D eigenvalue weighted by Gasteiger charge is -2.72. The van der Waals surface area contributed by atoms with E-state index in [1.165, 1.54) is 38.5 Å². The van der Waals surface area contributed by atoms with Crippen LogP contribution in [0.3, 0.4) is 0 Å². The third kappa shape index (κ3) is 15.5. The van der Waals surface area contributed by atoms with Crippen molar-refractivity contribution in [3.8, 4) is 0 Å². The molecule has 5 amide bonds. The van der Waals surface area contributed by atoms with Gasteiger partial charge in [0.25, 0.3) is 27.7 Å². The number of aromatic nitrogens is 3. The van der Waals surface area contributed by atoms with Gasteiger partial charge in [0.15, 0.2) is 0 Å². The number of carbonyl (C=O) groups excluding carboxylic acids is 5. The number of benzene rings is 4. The summed E-state index contributed by atoms with van der Waals surface area (Å²) in [5.74, 6) is -1.33. The molecule has 6 fully saturated rings. The average molecular weight is 1320 g/mol. The molecular formula is C71H90N12O9S2. The number of sulfonamides is 1. The van der Waals surface area contributed by atoms with Crippen LogP contribution in [0, 0.1) is 23.2 Å². The normalized spacial score (nSPS) is 22.6. The van der Waals surface area contributed by atoms with Crippen molar-refractivity contribution in [3.63, 3.8) is 0 Å². The molecule has 3 saturated heterocycles. The molecule has 3 saturated carbocycles. The quantitative estimate of drug-likeness (QED) is 0.0159. The second-order valence-electron chi connectivity index (χ2n) is 27.9. The zero-order chi connectivity index (χ0) is 65.8. The Morgan fingerprint density at radius 2 is 1.55 bits per heavy atom. The van der Waals surface area contributed by atoms with Gasteiger partial charge in [-0.15, -0.1) is 16.9 Å². The fourth-order valence-corrected chi connectivity index (χ4v) is 17.2. The number of anilines is 3. The molecule has 23 heteroatoms. The van der Waals surface area contributed by atoms with Crippen molar-refractivity contribution in [2.24, 2.45) is 16.2 Å². The summed E-state index contributed by atoms with van der Waals surface area (Å²) in [6, 6.07) is 26.6. The summed E-state index contributed by atoms with van der Waals surface area (Å²) in [5.41, 5.74) is 10.2. The number of hydrogen-bond donors (Lipinski definition) is 4. The molecule has 5 heterocycles. The maximum absolute atomic E-state index is 13.8. The maximum Gasteiger partial charge on any atom is 0.264 e. The molecule has 1 aromatic heterocycles.